The second kappa shape index (κ2) is 35.0. The van der Waals surface area contributed by atoms with Gasteiger partial charge in [0.25, 0.3) is 12.0 Å². The summed E-state index contributed by atoms with van der Waals surface area (Å²) < 4.78 is 0. The van der Waals surface area contributed by atoms with Gasteiger partial charge in [-0.15, -0.1) is 0 Å². The molecule has 0 saturated carbocycles. The molecule has 0 heterocycles. The van der Waals surface area contributed by atoms with E-state index in [2.05, 4.69) is 12.0 Å². The zero-order valence-corrected chi connectivity index (χ0v) is 27.5. The SMILES string of the molecule is CCCCCCCCCCCCCCCCCCCCCCCCCCCCCCCCCCC(=O)N(O)N=C=O. The Kier molecular flexibility index (Phi) is 34.0. The molecular formula is C36H70N2O3. The first-order chi connectivity index (χ1) is 20.2. The van der Waals surface area contributed by atoms with Crippen LogP contribution in [0.15, 0.2) is 5.10 Å². The van der Waals surface area contributed by atoms with Crippen molar-refractivity contribution in [3.63, 3.8) is 0 Å². The molecule has 0 fully saturated rings. The first-order valence-corrected chi connectivity index (χ1v) is 18.3. The molecule has 0 aromatic heterocycles. The summed E-state index contributed by atoms with van der Waals surface area (Å²) in [4.78, 5) is 21.4. The Morgan fingerprint density at radius 1 is 0.463 bits per heavy atom. The van der Waals surface area contributed by atoms with Crippen LogP contribution in [0.5, 0.6) is 0 Å². The summed E-state index contributed by atoms with van der Waals surface area (Å²) in [5.74, 6) is -0.543. The van der Waals surface area contributed by atoms with E-state index in [0.29, 0.717) is 0 Å². The number of nitrogens with zero attached hydrogens (tertiary/aromatic N) is 2. The standard InChI is InChI=1S/C36H70N2O3/c1-2-3-4-5-6-7-8-9-10-11-12-13-14-15-16-17-18-19-20-21-22-23-24-25-26-27-28-29-30-31-32-33-34-36(40)38(41)37-35-39/h41H,2-34H2,1H3. The van der Waals surface area contributed by atoms with Gasteiger partial charge >= 0.3 is 0 Å². The summed E-state index contributed by atoms with van der Waals surface area (Å²) in [6, 6.07) is 0. The molecule has 1 amide bonds. The second-order valence-electron chi connectivity index (χ2n) is 12.6. The molecule has 5 nitrogen and oxygen atoms in total. The minimum atomic E-state index is -0.543. The van der Waals surface area contributed by atoms with Crippen molar-refractivity contribution in [2.75, 3.05) is 0 Å². The predicted octanol–water partition coefficient (Wildman–Crippen LogP) is 12.3. The van der Waals surface area contributed by atoms with Crippen LogP contribution in [0.3, 0.4) is 0 Å². The van der Waals surface area contributed by atoms with E-state index in [1.807, 2.05) is 0 Å². The van der Waals surface area contributed by atoms with Gasteiger partial charge in [-0.05, 0) is 6.42 Å². The molecule has 242 valence electrons. The average Bonchev–Trinajstić information content (AvgIpc) is 2.97. The number of hydrogen-bond acceptors (Lipinski definition) is 4. The minimum absolute atomic E-state index is 0.0931. The summed E-state index contributed by atoms with van der Waals surface area (Å²) >= 11 is 0. The van der Waals surface area contributed by atoms with Crippen molar-refractivity contribution in [3.05, 3.63) is 0 Å². The van der Waals surface area contributed by atoms with Crippen molar-refractivity contribution >= 4 is 12.0 Å². The monoisotopic (exact) mass is 579 g/mol. The predicted molar refractivity (Wildman–Crippen MR) is 175 cm³/mol. The Hall–Kier alpha value is -1.19. The van der Waals surface area contributed by atoms with E-state index in [4.69, 9.17) is 5.21 Å². The van der Waals surface area contributed by atoms with E-state index in [9.17, 15) is 9.59 Å². The Bertz CT molecular complexity index is 577. The fourth-order valence-electron chi connectivity index (χ4n) is 5.85. The van der Waals surface area contributed by atoms with Crippen LogP contribution in [0, 0.1) is 0 Å². The highest BCUT2D eigenvalue weighted by Crippen LogP contribution is 2.17. The van der Waals surface area contributed by atoms with E-state index in [1.54, 1.807) is 0 Å². The van der Waals surface area contributed by atoms with Crippen LogP contribution >= 0.6 is 0 Å². The van der Waals surface area contributed by atoms with Crippen molar-refractivity contribution in [1.29, 1.82) is 0 Å². The molecule has 0 spiro atoms. The van der Waals surface area contributed by atoms with Crippen LogP contribution in [0.1, 0.15) is 219 Å². The molecule has 0 aliphatic heterocycles. The Balaban J connectivity index is 3.10. The molecule has 0 unspecified atom stereocenters. The van der Waals surface area contributed by atoms with Gasteiger partial charge in [0, 0.05) is 6.42 Å². The third-order valence-corrected chi connectivity index (χ3v) is 8.60. The lowest BCUT2D eigenvalue weighted by molar-refractivity contribution is -0.165. The Morgan fingerprint density at radius 3 is 0.902 bits per heavy atom. The number of hydrazone groups is 1. The Labute approximate surface area is 255 Å². The molecule has 0 aliphatic rings. The van der Waals surface area contributed by atoms with Gasteiger partial charge < -0.3 is 0 Å². The third kappa shape index (κ3) is 33.2. The summed E-state index contributed by atoms with van der Waals surface area (Å²) in [7, 11) is 0. The number of carbonyl (C=O) groups is 1. The molecule has 0 aromatic rings. The van der Waals surface area contributed by atoms with Gasteiger partial charge in [0.1, 0.15) is 0 Å². The molecule has 0 radical (unpaired) electrons. The van der Waals surface area contributed by atoms with Crippen LogP contribution in [0.25, 0.3) is 0 Å². The molecule has 0 rings (SSSR count). The number of hydroxylamine groups is 1. The average molecular weight is 579 g/mol. The van der Waals surface area contributed by atoms with Crippen molar-refractivity contribution in [1.82, 2.24) is 5.17 Å². The van der Waals surface area contributed by atoms with Gasteiger partial charge in [-0.3, -0.25) is 10.0 Å². The largest absolute Gasteiger partial charge is 0.270 e. The number of carbonyl (C=O) groups excluding carboxylic acids is 2. The third-order valence-electron chi connectivity index (χ3n) is 8.60. The first kappa shape index (κ1) is 39.8. The van der Waals surface area contributed by atoms with Gasteiger partial charge in [-0.25, -0.2) is 4.79 Å². The summed E-state index contributed by atoms with van der Waals surface area (Å²) in [6.07, 6.45) is 45.5. The highest BCUT2D eigenvalue weighted by atomic mass is 16.5. The fourth-order valence-corrected chi connectivity index (χ4v) is 5.85. The second-order valence-corrected chi connectivity index (χ2v) is 12.6. The lowest BCUT2D eigenvalue weighted by Gasteiger charge is -2.06. The van der Waals surface area contributed by atoms with Crippen molar-refractivity contribution in [2.45, 2.75) is 219 Å². The van der Waals surface area contributed by atoms with E-state index in [-0.39, 0.29) is 11.6 Å². The number of isocyanates is 1. The zero-order valence-electron chi connectivity index (χ0n) is 27.5. The summed E-state index contributed by atoms with van der Waals surface area (Å²) in [5, 5.41) is 12.1. The quantitative estimate of drug-likeness (QED) is 0.0271. The van der Waals surface area contributed by atoms with Crippen LogP contribution in [0.2, 0.25) is 0 Å². The summed E-state index contributed by atoms with van der Waals surface area (Å²) in [5.41, 5.74) is 0. The van der Waals surface area contributed by atoms with Gasteiger partial charge in [0.2, 0.25) is 0 Å². The smallest absolute Gasteiger partial charge is 0.269 e. The topological polar surface area (TPSA) is 70.0 Å². The van der Waals surface area contributed by atoms with Gasteiger partial charge in [-0.1, -0.05) is 216 Å². The fraction of sp³-hybridized carbons (Fsp3) is 0.944. The number of unbranched alkanes of at least 4 members (excludes halogenated alkanes) is 31. The highest BCUT2D eigenvalue weighted by molar-refractivity contribution is 5.74. The van der Waals surface area contributed by atoms with E-state index >= 15 is 0 Å². The van der Waals surface area contributed by atoms with Crippen LogP contribution in [-0.2, 0) is 9.59 Å². The Morgan fingerprint density at radius 2 is 0.683 bits per heavy atom. The lowest BCUT2D eigenvalue weighted by Crippen LogP contribution is -2.20. The van der Waals surface area contributed by atoms with Crippen LogP contribution in [-0.4, -0.2) is 22.4 Å². The molecule has 0 aliphatic carbocycles. The van der Waals surface area contributed by atoms with Crippen LogP contribution < -0.4 is 0 Å². The van der Waals surface area contributed by atoms with Crippen molar-refractivity contribution < 1.29 is 14.8 Å². The molecule has 0 saturated heterocycles. The lowest BCUT2D eigenvalue weighted by atomic mass is 10.0. The number of amides is 1. The zero-order chi connectivity index (χ0) is 29.9. The van der Waals surface area contributed by atoms with E-state index < -0.39 is 5.91 Å². The van der Waals surface area contributed by atoms with E-state index in [1.165, 1.54) is 186 Å². The van der Waals surface area contributed by atoms with Gasteiger partial charge in [0.15, 0.2) is 0 Å². The number of rotatable bonds is 34. The van der Waals surface area contributed by atoms with Gasteiger partial charge in [-0.2, -0.15) is 0 Å². The molecule has 0 bridgehead atoms. The van der Waals surface area contributed by atoms with E-state index in [0.717, 1.165) is 25.3 Å². The molecule has 0 aromatic carbocycles. The maximum atomic E-state index is 11.4. The number of hydrogen-bond donors (Lipinski definition) is 1. The molecule has 41 heavy (non-hydrogen) atoms. The normalized spacial score (nSPS) is 11.1. The molecular weight excluding hydrogens is 508 g/mol. The summed E-state index contributed by atoms with van der Waals surface area (Å²) in [6.45, 7) is 2.30. The van der Waals surface area contributed by atoms with Crippen molar-refractivity contribution in [2.24, 2.45) is 5.10 Å². The van der Waals surface area contributed by atoms with Crippen molar-refractivity contribution in [3.8, 4) is 0 Å². The minimum Gasteiger partial charge on any atom is -0.270 e. The molecule has 1 N–H and O–H groups in total. The molecule has 5 heteroatoms. The van der Waals surface area contributed by atoms with Crippen LogP contribution in [0.4, 0.5) is 0 Å². The highest BCUT2D eigenvalue weighted by Gasteiger charge is 2.08. The first-order valence-electron chi connectivity index (χ1n) is 18.3. The maximum absolute atomic E-state index is 11.4. The molecule has 0 atom stereocenters. The maximum Gasteiger partial charge on any atom is 0.269 e. The van der Waals surface area contributed by atoms with Gasteiger partial charge in [0.05, 0.1) is 0 Å².